The van der Waals surface area contributed by atoms with E-state index in [0.29, 0.717) is 11.1 Å². The molecule has 0 radical (unpaired) electrons. The van der Waals surface area contributed by atoms with E-state index in [1.165, 1.54) is 48.7 Å². The van der Waals surface area contributed by atoms with E-state index in [9.17, 15) is 31.1 Å². The van der Waals surface area contributed by atoms with Crippen LogP contribution in [0.15, 0.2) is 79.0 Å². The minimum Gasteiger partial charge on any atom is -0.406 e. The van der Waals surface area contributed by atoms with Gasteiger partial charge in [-0.05, 0) is 40.8 Å². The summed E-state index contributed by atoms with van der Waals surface area (Å²) < 4.78 is 84.7. The number of ether oxygens (including phenoxy) is 1. The van der Waals surface area contributed by atoms with Crippen molar-refractivity contribution >= 4 is 22.7 Å². The molecule has 1 amide bonds. The lowest BCUT2D eigenvalue weighted by Gasteiger charge is -2.27. The van der Waals surface area contributed by atoms with Gasteiger partial charge in [-0.3, -0.25) is 5.32 Å². The first kappa shape index (κ1) is 26.9. The number of hydroxylamine groups is 2. The standard InChI is InChI=1S/C26H18F6N4O4/c27-25(28,29)21-20-4-2-1-3-17(20)13-33-23(21)36(14-15-5-9-18(10-6-15)38-26(30,31)32)40-19-11-7-16(8-12-19)22-34-24(37)39-35-22/h1-13,22,35H,14H2,(H,34,37). The largest absolute Gasteiger partial charge is 0.573 e. The maximum atomic E-state index is 14.4. The minimum atomic E-state index is -4.90. The molecule has 0 saturated carbocycles. The summed E-state index contributed by atoms with van der Waals surface area (Å²) in [4.78, 5) is 25.8. The molecule has 208 valence electrons. The van der Waals surface area contributed by atoms with Crippen LogP contribution in [-0.2, 0) is 17.6 Å². The van der Waals surface area contributed by atoms with Crippen molar-refractivity contribution < 1.29 is 45.5 Å². The molecule has 0 bridgehead atoms. The number of nitrogens with one attached hydrogen (secondary N) is 2. The number of hydrogen-bond donors (Lipinski definition) is 2. The van der Waals surface area contributed by atoms with E-state index in [1.54, 1.807) is 18.2 Å². The zero-order valence-corrected chi connectivity index (χ0v) is 20.1. The third kappa shape index (κ3) is 6.12. The highest BCUT2D eigenvalue weighted by Gasteiger charge is 2.39. The highest BCUT2D eigenvalue weighted by atomic mass is 19.4. The van der Waals surface area contributed by atoms with Crippen molar-refractivity contribution in [2.24, 2.45) is 0 Å². The third-order valence-corrected chi connectivity index (χ3v) is 5.74. The van der Waals surface area contributed by atoms with Crippen molar-refractivity contribution in [1.29, 1.82) is 0 Å². The molecule has 1 aliphatic heterocycles. The summed E-state index contributed by atoms with van der Waals surface area (Å²) >= 11 is 0. The molecular weight excluding hydrogens is 546 g/mol. The Morgan fingerprint density at radius 2 is 1.57 bits per heavy atom. The fraction of sp³-hybridized carbons (Fsp3) is 0.154. The number of alkyl halides is 6. The first-order valence-electron chi connectivity index (χ1n) is 11.5. The summed E-state index contributed by atoms with van der Waals surface area (Å²) in [6.07, 6.45) is -9.78. The fourth-order valence-corrected chi connectivity index (χ4v) is 4.02. The van der Waals surface area contributed by atoms with E-state index in [1.807, 2.05) is 0 Å². The molecule has 1 unspecified atom stereocenters. The lowest BCUT2D eigenvalue weighted by Crippen LogP contribution is -2.30. The Kier molecular flexibility index (Phi) is 7.02. The predicted octanol–water partition coefficient (Wildman–Crippen LogP) is 6.40. The number of aromatic nitrogens is 1. The highest BCUT2D eigenvalue weighted by Crippen LogP contribution is 2.41. The SMILES string of the molecule is O=C1NC(c2ccc(ON(Cc3ccc(OC(F)(F)F)cc3)c3ncc4ccccc4c3C(F)(F)F)cc2)NO1. The molecule has 1 aromatic heterocycles. The fourth-order valence-electron chi connectivity index (χ4n) is 4.02. The maximum Gasteiger partial charge on any atom is 0.573 e. The molecule has 5 rings (SSSR count). The Hall–Kier alpha value is -4.72. The molecule has 8 nitrogen and oxygen atoms in total. The lowest BCUT2D eigenvalue weighted by molar-refractivity contribution is -0.274. The molecule has 2 heterocycles. The van der Waals surface area contributed by atoms with Crippen LogP contribution in [0.4, 0.5) is 37.0 Å². The summed E-state index contributed by atoms with van der Waals surface area (Å²) in [6.45, 7) is -0.323. The molecule has 2 N–H and O–H groups in total. The van der Waals surface area contributed by atoms with E-state index in [-0.39, 0.29) is 23.1 Å². The average molecular weight is 564 g/mol. The van der Waals surface area contributed by atoms with Gasteiger partial charge in [-0.1, -0.05) is 48.5 Å². The van der Waals surface area contributed by atoms with Gasteiger partial charge in [-0.2, -0.15) is 18.2 Å². The third-order valence-electron chi connectivity index (χ3n) is 5.74. The molecule has 14 heteroatoms. The van der Waals surface area contributed by atoms with E-state index in [4.69, 9.17) is 4.84 Å². The Labute approximate surface area is 222 Å². The minimum absolute atomic E-state index is 0.110. The van der Waals surface area contributed by atoms with Crippen molar-refractivity contribution in [2.45, 2.75) is 25.2 Å². The molecule has 0 aliphatic carbocycles. The first-order chi connectivity index (χ1) is 19.0. The van der Waals surface area contributed by atoms with Crippen LogP contribution in [0.5, 0.6) is 11.5 Å². The van der Waals surface area contributed by atoms with Crippen LogP contribution in [0, 0.1) is 0 Å². The van der Waals surface area contributed by atoms with Gasteiger partial charge in [0.2, 0.25) is 0 Å². The van der Waals surface area contributed by atoms with Gasteiger partial charge in [-0.25, -0.2) is 9.78 Å². The number of carbonyl (C=O) groups is 1. The summed E-state index contributed by atoms with van der Waals surface area (Å²) in [6, 6.07) is 16.5. The topological polar surface area (TPSA) is 85.0 Å². The number of hydrogen-bond acceptors (Lipinski definition) is 7. The second kappa shape index (κ2) is 10.4. The Bertz CT molecular complexity index is 1510. The van der Waals surface area contributed by atoms with Crippen LogP contribution >= 0.6 is 0 Å². The van der Waals surface area contributed by atoms with Gasteiger partial charge in [-0.15, -0.1) is 18.7 Å². The number of nitrogens with zero attached hydrogens (tertiary/aromatic N) is 2. The summed E-state index contributed by atoms with van der Waals surface area (Å²) in [5.74, 6) is -0.922. The predicted molar refractivity (Wildman–Crippen MR) is 129 cm³/mol. The van der Waals surface area contributed by atoms with Gasteiger partial charge in [0.25, 0.3) is 0 Å². The van der Waals surface area contributed by atoms with E-state index in [2.05, 4.69) is 25.4 Å². The van der Waals surface area contributed by atoms with Gasteiger partial charge in [0, 0.05) is 11.6 Å². The van der Waals surface area contributed by atoms with Gasteiger partial charge in [0.15, 0.2) is 11.6 Å². The number of pyridine rings is 1. The molecule has 4 aromatic rings. The van der Waals surface area contributed by atoms with Crippen molar-refractivity contribution in [3.63, 3.8) is 0 Å². The number of fused-ring (bicyclic) bond motifs is 1. The van der Waals surface area contributed by atoms with Crippen LogP contribution in [0.25, 0.3) is 10.8 Å². The molecule has 40 heavy (non-hydrogen) atoms. The number of halogens is 6. The zero-order valence-electron chi connectivity index (χ0n) is 20.1. The zero-order chi connectivity index (χ0) is 28.5. The molecule has 1 atom stereocenters. The molecule has 1 aliphatic rings. The van der Waals surface area contributed by atoms with Gasteiger partial charge < -0.3 is 14.4 Å². The monoisotopic (exact) mass is 564 g/mol. The normalized spacial score (nSPS) is 15.4. The van der Waals surface area contributed by atoms with E-state index < -0.39 is 41.9 Å². The molecule has 1 fully saturated rings. The van der Waals surface area contributed by atoms with Crippen LogP contribution in [0.2, 0.25) is 0 Å². The van der Waals surface area contributed by atoms with Crippen molar-refractivity contribution in [1.82, 2.24) is 15.8 Å². The van der Waals surface area contributed by atoms with Crippen LogP contribution in [-0.4, -0.2) is 17.4 Å². The summed E-state index contributed by atoms with van der Waals surface area (Å²) in [5.41, 5.74) is 2.31. The first-order valence-corrected chi connectivity index (χ1v) is 11.5. The average Bonchev–Trinajstić information content (AvgIpc) is 3.34. The van der Waals surface area contributed by atoms with E-state index in [0.717, 1.165) is 17.2 Å². The van der Waals surface area contributed by atoms with Crippen molar-refractivity contribution in [3.8, 4) is 11.5 Å². The number of benzene rings is 3. The van der Waals surface area contributed by atoms with Gasteiger partial charge in [0.05, 0.1) is 6.54 Å². The number of rotatable bonds is 7. The maximum absolute atomic E-state index is 14.4. The van der Waals surface area contributed by atoms with Crippen LogP contribution in [0.1, 0.15) is 22.9 Å². The number of carbonyl (C=O) groups excluding carboxylic acids is 1. The quantitative estimate of drug-likeness (QED) is 0.199. The highest BCUT2D eigenvalue weighted by molar-refractivity contribution is 5.89. The van der Waals surface area contributed by atoms with Crippen molar-refractivity contribution in [3.05, 3.63) is 95.7 Å². The Morgan fingerprint density at radius 1 is 0.900 bits per heavy atom. The van der Waals surface area contributed by atoms with E-state index >= 15 is 0 Å². The second-order valence-electron chi connectivity index (χ2n) is 8.52. The smallest absolute Gasteiger partial charge is 0.406 e. The second-order valence-corrected chi connectivity index (χ2v) is 8.52. The Balaban J connectivity index is 1.51. The molecule has 1 saturated heterocycles. The molecular formula is C26H18F6N4O4. The van der Waals surface area contributed by atoms with Crippen LogP contribution < -0.4 is 25.4 Å². The molecule has 0 spiro atoms. The number of amides is 1. The van der Waals surface area contributed by atoms with Gasteiger partial charge >= 0.3 is 18.6 Å². The Morgan fingerprint density at radius 3 is 2.20 bits per heavy atom. The summed E-state index contributed by atoms with van der Waals surface area (Å²) in [7, 11) is 0. The summed E-state index contributed by atoms with van der Waals surface area (Å²) in [5, 5.41) is 3.56. The molecule has 3 aromatic carbocycles. The van der Waals surface area contributed by atoms with Crippen LogP contribution in [0.3, 0.4) is 0 Å². The number of anilines is 1. The lowest BCUT2D eigenvalue weighted by atomic mass is 10.1. The van der Waals surface area contributed by atoms with Crippen molar-refractivity contribution in [2.75, 3.05) is 5.06 Å². The van der Waals surface area contributed by atoms with Gasteiger partial charge in [0.1, 0.15) is 17.5 Å².